The van der Waals surface area contributed by atoms with Crippen molar-refractivity contribution in [2.24, 2.45) is 0 Å². The van der Waals surface area contributed by atoms with Crippen LogP contribution in [0.15, 0.2) is 18.2 Å². The third-order valence-corrected chi connectivity index (χ3v) is 3.80. The Labute approximate surface area is 134 Å². The molecule has 1 aromatic carbocycles. The molecule has 1 fully saturated rings. The fourth-order valence-corrected chi connectivity index (χ4v) is 2.62. The van der Waals surface area contributed by atoms with Crippen LogP contribution in [0.1, 0.15) is 37.9 Å². The first-order chi connectivity index (χ1) is 11.0. The molecule has 23 heavy (non-hydrogen) atoms. The minimum Gasteiger partial charge on any atom is -0.391 e. The molecule has 7 heteroatoms. The molecule has 128 valence electrons. The van der Waals surface area contributed by atoms with E-state index < -0.39 is 29.9 Å². The lowest BCUT2D eigenvalue weighted by Gasteiger charge is -2.21. The summed E-state index contributed by atoms with van der Waals surface area (Å²) in [7, 11) is 0. The van der Waals surface area contributed by atoms with Gasteiger partial charge >= 0.3 is 6.03 Å². The predicted molar refractivity (Wildman–Crippen MR) is 80.9 cm³/mol. The molecule has 3 unspecified atom stereocenters. The highest BCUT2D eigenvalue weighted by atomic mass is 19.2. The zero-order chi connectivity index (χ0) is 16.8. The first-order valence-corrected chi connectivity index (χ1v) is 7.80. The summed E-state index contributed by atoms with van der Waals surface area (Å²) < 4.78 is 31.9. The van der Waals surface area contributed by atoms with Crippen molar-refractivity contribution in [2.45, 2.75) is 44.4 Å². The first-order valence-electron chi connectivity index (χ1n) is 7.80. The Kier molecular flexibility index (Phi) is 6.29. The number of carbonyl (C=O) groups excluding carboxylic acids is 1. The van der Waals surface area contributed by atoms with E-state index in [2.05, 4.69) is 10.6 Å². The molecule has 0 spiro atoms. The van der Waals surface area contributed by atoms with Gasteiger partial charge in [-0.25, -0.2) is 13.6 Å². The number of benzene rings is 1. The number of amides is 2. The topological polar surface area (TPSA) is 70.6 Å². The van der Waals surface area contributed by atoms with Crippen LogP contribution >= 0.6 is 0 Å². The molecule has 0 saturated carbocycles. The summed E-state index contributed by atoms with van der Waals surface area (Å²) in [4.78, 5) is 11.9. The van der Waals surface area contributed by atoms with Gasteiger partial charge in [0.1, 0.15) is 6.10 Å². The van der Waals surface area contributed by atoms with E-state index >= 15 is 0 Å². The van der Waals surface area contributed by atoms with Crippen LogP contribution in [0.5, 0.6) is 0 Å². The van der Waals surface area contributed by atoms with Crippen molar-refractivity contribution in [3.63, 3.8) is 0 Å². The third kappa shape index (κ3) is 4.87. The maximum Gasteiger partial charge on any atom is 0.315 e. The van der Waals surface area contributed by atoms with Crippen molar-refractivity contribution in [3.8, 4) is 0 Å². The van der Waals surface area contributed by atoms with Crippen LogP contribution in [0.3, 0.4) is 0 Å². The minimum absolute atomic E-state index is 0.170. The van der Waals surface area contributed by atoms with Crippen LogP contribution in [0.4, 0.5) is 13.6 Å². The Balaban J connectivity index is 1.91. The summed E-state index contributed by atoms with van der Waals surface area (Å²) in [5.74, 6) is -1.86. The van der Waals surface area contributed by atoms with Gasteiger partial charge in [-0.1, -0.05) is 19.4 Å². The number of halogens is 2. The van der Waals surface area contributed by atoms with E-state index in [1.165, 1.54) is 6.07 Å². The van der Waals surface area contributed by atoms with Crippen LogP contribution in [0.25, 0.3) is 0 Å². The Morgan fingerprint density at radius 3 is 2.91 bits per heavy atom. The molecule has 0 bridgehead atoms. The highest BCUT2D eigenvalue weighted by molar-refractivity contribution is 5.74. The molecule has 1 aromatic rings. The molecule has 1 heterocycles. The molecule has 5 nitrogen and oxygen atoms in total. The molecule has 0 aliphatic carbocycles. The minimum atomic E-state index is -0.941. The second-order valence-corrected chi connectivity index (χ2v) is 5.66. The van der Waals surface area contributed by atoms with Crippen LogP contribution in [0, 0.1) is 11.6 Å². The molecule has 1 saturated heterocycles. The van der Waals surface area contributed by atoms with Crippen LogP contribution in [0.2, 0.25) is 0 Å². The van der Waals surface area contributed by atoms with Crippen LogP contribution in [-0.2, 0) is 4.74 Å². The molecule has 0 radical (unpaired) electrons. The van der Waals surface area contributed by atoms with Gasteiger partial charge in [0.05, 0.1) is 12.1 Å². The number of aliphatic hydroxyl groups is 1. The number of nitrogens with one attached hydrogen (secondary N) is 2. The molecule has 1 aliphatic heterocycles. The van der Waals surface area contributed by atoms with E-state index in [0.717, 1.165) is 18.6 Å². The molecule has 0 aromatic heterocycles. The van der Waals surface area contributed by atoms with Crippen molar-refractivity contribution >= 4 is 6.03 Å². The maximum absolute atomic E-state index is 13.3. The highest BCUT2D eigenvalue weighted by Gasteiger charge is 2.31. The number of rotatable bonds is 6. The Morgan fingerprint density at radius 1 is 1.43 bits per heavy atom. The van der Waals surface area contributed by atoms with Gasteiger partial charge in [-0.05, 0) is 30.5 Å². The molecule has 2 rings (SSSR count). The normalized spacial score (nSPS) is 21.9. The lowest BCUT2D eigenvalue weighted by Crippen LogP contribution is -2.45. The number of carbonyl (C=O) groups is 1. The summed E-state index contributed by atoms with van der Waals surface area (Å²) in [5, 5.41) is 15.0. The maximum atomic E-state index is 13.3. The molecule has 3 atom stereocenters. The summed E-state index contributed by atoms with van der Waals surface area (Å²) >= 11 is 0. The van der Waals surface area contributed by atoms with Gasteiger partial charge in [0.25, 0.3) is 0 Å². The molecule has 1 aliphatic rings. The smallest absolute Gasteiger partial charge is 0.315 e. The van der Waals surface area contributed by atoms with Crippen molar-refractivity contribution in [2.75, 3.05) is 13.2 Å². The zero-order valence-electron chi connectivity index (χ0n) is 13.0. The van der Waals surface area contributed by atoms with Crippen molar-refractivity contribution < 1.29 is 23.4 Å². The summed E-state index contributed by atoms with van der Waals surface area (Å²) in [6.45, 7) is 2.54. The van der Waals surface area contributed by atoms with Gasteiger partial charge in [-0.3, -0.25) is 0 Å². The fourth-order valence-electron chi connectivity index (χ4n) is 2.62. The monoisotopic (exact) mass is 328 g/mol. The zero-order valence-corrected chi connectivity index (χ0v) is 13.0. The average molecular weight is 328 g/mol. The van der Waals surface area contributed by atoms with Gasteiger partial charge in [0, 0.05) is 13.2 Å². The van der Waals surface area contributed by atoms with Gasteiger partial charge < -0.3 is 20.5 Å². The van der Waals surface area contributed by atoms with Crippen molar-refractivity contribution in [3.05, 3.63) is 35.4 Å². The third-order valence-electron chi connectivity index (χ3n) is 3.80. The number of hydrogen-bond donors (Lipinski definition) is 3. The van der Waals surface area contributed by atoms with Gasteiger partial charge in [-0.2, -0.15) is 0 Å². The number of urea groups is 1. The van der Waals surface area contributed by atoms with Crippen LogP contribution < -0.4 is 10.6 Å². The number of ether oxygens (including phenoxy) is 1. The Morgan fingerprint density at radius 2 is 2.22 bits per heavy atom. The van der Waals surface area contributed by atoms with Gasteiger partial charge in [0.2, 0.25) is 0 Å². The highest BCUT2D eigenvalue weighted by Crippen LogP contribution is 2.29. The van der Waals surface area contributed by atoms with E-state index in [1.807, 2.05) is 6.92 Å². The summed E-state index contributed by atoms with van der Waals surface area (Å²) in [6, 6.07) is 2.84. The SMILES string of the molecule is CCCC(O)CNC(=O)NC1CCOC1c1ccc(F)c(F)c1. The summed E-state index contributed by atoms with van der Waals surface area (Å²) in [6.07, 6.45) is 0.932. The lowest BCUT2D eigenvalue weighted by atomic mass is 10.0. The molecular formula is C16H22F2N2O3. The lowest BCUT2D eigenvalue weighted by molar-refractivity contribution is 0.0992. The van der Waals surface area contributed by atoms with E-state index in [0.29, 0.717) is 25.0 Å². The number of hydrogen-bond acceptors (Lipinski definition) is 3. The van der Waals surface area contributed by atoms with Gasteiger partial charge in [0.15, 0.2) is 11.6 Å². The second kappa shape index (κ2) is 8.21. The molecule has 2 amide bonds. The van der Waals surface area contributed by atoms with Crippen molar-refractivity contribution in [1.29, 1.82) is 0 Å². The van der Waals surface area contributed by atoms with Crippen molar-refractivity contribution in [1.82, 2.24) is 10.6 Å². The fraction of sp³-hybridized carbons (Fsp3) is 0.562. The van der Waals surface area contributed by atoms with E-state index in [-0.39, 0.29) is 12.6 Å². The van der Waals surface area contributed by atoms with E-state index in [9.17, 15) is 18.7 Å². The average Bonchev–Trinajstić information content (AvgIpc) is 2.96. The standard InChI is InChI=1S/C16H22F2N2O3/c1-2-3-11(21)9-19-16(22)20-14-6-7-23-15(14)10-4-5-12(17)13(18)8-10/h4-5,8,11,14-15,21H,2-3,6-7,9H2,1H3,(H2,19,20,22). The van der Waals surface area contributed by atoms with Gasteiger partial charge in [-0.15, -0.1) is 0 Å². The quantitative estimate of drug-likeness (QED) is 0.750. The molecule has 3 N–H and O–H groups in total. The Hall–Kier alpha value is -1.73. The second-order valence-electron chi connectivity index (χ2n) is 5.66. The predicted octanol–water partition coefficient (Wildman–Crippen LogP) is 2.25. The largest absolute Gasteiger partial charge is 0.391 e. The molecular weight excluding hydrogens is 306 g/mol. The van der Waals surface area contributed by atoms with E-state index in [1.54, 1.807) is 0 Å². The first kappa shape index (κ1) is 17.6. The number of aliphatic hydroxyl groups excluding tert-OH is 1. The summed E-state index contributed by atoms with van der Waals surface area (Å²) in [5.41, 5.74) is 0.484. The van der Waals surface area contributed by atoms with E-state index in [4.69, 9.17) is 4.74 Å². The Bertz CT molecular complexity index is 542. The van der Waals surface area contributed by atoms with Crippen LogP contribution in [-0.4, -0.2) is 36.4 Å².